The van der Waals surface area contributed by atoms with Crippen LogP contribution in [0.5, 0.6) is 0 Å². The highest BCUT2D eigenvalue weighted by Gasteiger charge is 2.48. The van der Waals surface area contributed by atoms with Crippen LogP contribution in [0.3, 0.4) is 0 Å². The Morgan fingerprint density at radius 2 is 2.10 bits per heavy atom. The van der Waals surface area contributed by atoms with E-state index < -0.39 is 0 Å². The van der Waals surface area contributed by atoms with Crippen molar-refractivity contribution in [1.29, 1.82) is 0 Å². The average molecular weight is 272 g/mol. The molecule has 1 heterocycles. The molecule has 2 aliphatic rings. The summed E-state index contributed by atoms with van der Waals surface area (Å²) in [5.41, 5.74) is 2.42. The standard InChI is InChI=1S/C16H20N2O2/c1-2-5-14(19)17-11-6-7-13-12(10-11)16(15(20)18-13)8-3-4-9-16/h6-7,10H,2-5,8-9H2,1H3,(H,17,19)(H,18,20). The maximum Gasteiger partial charge on any atom is 0.235 e. The molecule has 20 heavy (non-hydrogen) atoms. The molecule has 4 nitrogen and oxygen atoms in total. The monoisotopic (exact) mass is 272 g/mol. The normalized spacial score (nSPS) is 18.9. The minimum atomic E-state index is -0.346. The predicted molar refractivity (Wildman–Crippen MR) is 78.8 cm³/mol. The molecular weight excluding hydrogens is 252 g/mol. The molecule has 1 aromatic rings. The van der Waals surface area contributed by atoms with Crippen molar-refractivity contribution >= 4 is 23.2 Å². The number of carbonyl (C=O) groups is 2. The van der Waals surface area contributed by atoms with Crippen LogP contribution in [-0.2, 0) is 15.0 Å². The van der Waals surface area contributed by atoms with Gasteiger partial charge in [0, 0.05) is 17.8 Å². The van der Waals surface area contributed by atoms with Crippen molar-refractivity contribution < 1.29 is 9.59 Å². The molecule has 2 N–H and O–H groups in total. The molecule has 1 aliphatic carbocycles. The molecule has 1 saturated carbocycles. The van der Waals surface area contributed by atoms with Gasteiger partial charge in [0.2, 0.25) is 11.8 Å². The average Bonchev–Trinajstić information content (AvgIpc) is 3.00. The van der Waals surface area contributed by atoms with E-state index in [0.717, 1.165) is 49.0 Å². The van der Waals surface area contributed by atoms with Gasteiger partial charge in [-0.1, -0.05) is 19.8 Å². The van der Waals surface area contributed by atoms with Crippen LogP contribution in [0.15, 0.2) is 18.2 Å². The fourth-order valence-corrected chi connectivity index (χ4v) is 3.42. The second-order valence-electron chi connectivity index (χ2n) is 5.80. The van der Waals surface area contributed by atoms with Gasteiger partial charge in [-0.25, -0.2) is 0 Å². The Bertz CT molecular complexity index is 560. The van der Waals surface area contributed by atoms with Crippen molar-refractivity contribution in [2.75, 3.05) is 10.6 Å². The minimum Gasteiger partial charge on any atom is -0.326 e. The largest absolute Gasteiger partial charge is 0.326 e. The first-order valence-electron chi connectivity index (χ1n) is 7.41. The van der Waals surface area contributed by atoms with Gasteiger partial charge in [-0.3, -0.25) is 9.59 Å². The van der Waals surface area contributed by atoms with E-state index in [1.165, 1.54) is 0 Å². The van der Waals surface area contributed by atoms with E-state index in [1.54, 1.807) is 0 Å². The van der Waals surface area contributed by atoms with Gasteiger partial charge in [-0.05, 0) is 43.0 Å². The highest BCUT2D eigenvalue weighted by atomic mass is 16.2. The van der Waals surface area contributed by atoms with Gasteiger partial charge in [0.15, 0.2) is 0 Å². The molecule has 0 atom stereocenters. The summed E-state index contributed by atoms with van der Waals surface area (Å²) in [6.07, 6.45) is 5.38. The van der Waals surface area contributed by atoms with Crippen LogP contribution in [0.4, 0.5) is 11.4 Å². The van der Waals surface area contributed by atoms with Crippen LogP contribution in [0, 0.1) is 0 Å². The Labute approximate surface area is 118 Å². The molecule has 0 aromatic heterocycles. The molecule has 1 fully saturated rings. The van der Waals surface area contributed by atoms with E-state index in [4.69, 9.17) is 0 Å². The first-order valence-corrected chi connectivity index (χ1v) is 7.41. The minimum absolute atomic E-state index is 0.0326. The first kappa shape index (κ1) is 13.2. The van der Waals surface area contributed by atoms with E-state index in [2.05, 4.69) is 10.6 Å². The fraction of sp³-hybridized carbons (Fsp3) is 0.500. The zero-order chi connectivity index (χ0) is 14.2. The van der Waals surface area contributed by atoms with Gasteiger partial charge in [0.1, 0.15) is 0 Å². The Morgan fingerprint density at radius 3 is 2.80 bits per heavy atom. The predicted octanol–water partition coefficient (Wildman–Crippen LogP) is 3.19. The van der Waals surface area contributed by atoms with Crippen LogP contribution in [0.1, 0.15) is 51.0 Å². The van der Waals surface area contributed by atoms with Gasteiger partial charge < -0.3 is 10.6 Å². The number of anilines is 2. The van der Waals surface area contributed by atoms with Gasteiger partial charge in [-0.15, -0.1) is 0 Å². The molecule has 1 aromatic carbocycles. The molecule has 1 aliphatic heterocycles. The number of rotatable bonds is 3. The van der Waals surface area contributed by atoms with Crippen molar-refractivity contribution in [1.82, 2.24) is 0 Å². The maximum atomic E-state index is 12.3. The van der Waals surface area contributed by atoms with Crippen molar-refractivity contribution in [2.45, 2.75) is 50.9 Å². The van der Waals surface area contributed by atoms with Crippen LogP contribution in [0.2, 0.25) is 0 Å². The number of amides is 2. The summed E-state index contributed by atoms with van der Waals surface area (Å²) < 4.78 is 0. The van der Waals surface area contributed by atoms with E-state index >= 15 is 0 Å². The number of fused-ring (bicyclic) bond motifs is 2. The molecule has 0 unspecified atom stereocenters. The molecule has 4 heteroatoms. The number of hydrogen-bond donors (Lipinski definition) is 2. The second kappa shape index (κ2) is 4.93. The van der Waals surface area contributed by atoms with Crippen molar-refractivity contribution in [3.63, 3.8) is 0 Å². The lowest BCUT2D eigenvalue weighted by Crippen LogP contribution is -2.31. The molecule has 106 valence electrons. The SMILES string of the molecule is CCCC(=O)Nc1ccc2c(c1)C1(CCCC1)C(=O)N2. The van der Waals surface area contributed by atoms with Crippen molar-refractivity contribution in [3.8, 4) is 0 Å². The quantitative estimate of drug-likeness (QED) is 0.887. The van der Waals surface area contributed by atoms with Crippen molar-refractivity contribution in [3.05, 3.63) is 23.8 Å². The van der Waals surface area contributed by atoms with Gasteiger partial charge in [0.05, 0.1) is 5.41 Å². The van der Waals surface area contributed by atoms with Crippen LogP contribution >= 0.6 is 0 Å². The third kappa shape index (κ3) is 1.99. The lowest BCUT2D eigenvalue weighted by molar-refractivity contribution is -0.120. The van der Waals surface area contributed by atoms with Gasteiger partial charge in [-0.2, -0.15) is 0 Å². The zero-order valence-corrected chi connectivity index (χ0v) is 11.8. The summed E-state index contributed by atoms with van der Waals surface area (Å²) in [4.78, 5) is 24.0. The van der Waals surface area contributed by atoms with Gasteiger partial charge in [0.25, 0.3) is 0 Å². The molecular formula is C16H20N2O2. The number of carbonyl (C=O) groups excluding carboxylic acids is 2. The Kier molecular flexibility index (Phi) is 3.24. The molecule has 2 amide bonds. The summed E-state index contributed by atoms with van der Waals surface area (Å²) in [6, 6.07) is 5.74. The topological polar surface area (TPSA) is 58.2 Å². The summed E-state index contributed by atoms with van der Waals surface area (Å²) in [7, 11) is 0. The summed E-state index contributed by atoms with van der Waals surface area (Å²) in [5, 5.41) is 5.90. The molecule has 0 bridgehead atoms. The summed E-state index contributed by atoms with van der Waals surface area (Å²) in [5.74, 6) is 0.159. The number of benzene rings is 1. The maximum absolute atomic E-state index is 12.3. The fourth-order valence-electron chi connectivity index (χ4n) is 3.42. The first-order chi connectivity index (χ1) is 9.65. The second-order valence-corrected chi connectivity index (χ2v) is 5.80. The summed E-state index contributed by atoms with van der Waals surface area (Å²) >= 11 is 0. The molecule has 0 radical (unpaired) electrons. The van der Waals surface area contributed by atoms with Crippen LogP contribution in [-0.4, -0.2) is 11.8 Å². The highest BCUT2D eigenvalue weighted by Crippen LogP contribution is 2.49. The Morgan fingerprint density at radius 1 is 1.35 bits per heavy atom. The number of nitrogens with one attached hydrogen (secondary N) is 2. The van der Waals surface area contributed by atoms with E-state index in [9.17, 15) is 9.59 Å². The van der Waals surface area contributed by atoms with Crippen LogP contribution < -0.4 is 10.6 Å². The van der Waals surface area contributed by atoms with Gasteiger partial charge >= 0.3 is 0 Å². The third-order valence-electron chi connectivity index (χ3n) is 4.44. The Hall–Kier alpha value is -1.84. The van der Waals surface area contributed by atoms with E-state index in [0.29, 0.717) is 6.42 Å². The lowest BCUT2D eigenvalue weighted by Gasteiger charge is -2.21. The summed E-state index contributed by atoms with van der Waals surface area (Å²) in [6.45, 7) is 1.98. The smallest absolute Gasteiger partial charge is 0.235 e. The highest BCUT2D eigenvalue weighted by molar-refractivity contribution is 6.07. The van der Waals surface area contributed by atoms with Crippen LogP contribution in [0.25, 0.3) is 0 Å². The third-order valence-corrected chi connectivity index (χ3v) is 4.44. The van der Waals surface area contributed by atoms with Crippen molar-refractivity contribution in [2.24, 2.45) is 0 Å². The Balaban J connectivity index is 1.91. The number of hydrogen-bond acceptors (Lipinski definition) is 2. The van der Waals surface area contributed by atoms with E-state index in [-0.39, 0.29) is 17.2 Å². The lowest BCUT2D eigenvalue weighted by atomic mass is 9.80. The van der Waals surface area contributed by atoms with E-state index in [1.807, 2.05) is 25.1 Å². The zero-order valence-electron chi connectivity index (χ0n) is 11.8. The molecule has 3 rings (SSSR count). The molecule has 1 spiro atoms. The molecule has 0 saturated heterocycles.